The van der Waals surface area contributed by atoms with Gasteiger partial charge in [0.2, 0.25) is 0 Å². The van der Waals surface area contributed by atoms with Gasteiger partial charge in [-0.2, -0.15) is 0 Å². The smallest absolute Gasteiger partial charge is 0.191 e. The second-order valence-electron chi connectivity index (χ2n) is 7.30. The van der Waals surface area contributed by atoms with Gasteiger partial charge in [-0.15, -0.1) is 10.2 Å². The molecule has 0 saturated carbocycles. The molecule has 0 unspecified atom stereocenters. The molecule has 5 nitrogen and oxygen atoms in total. The van der Waals surface area contributed by atoms with E-state index in [0.717, 1.165) is 57.4 Å². The third-order valence-corrected chi connectivity index (χ3v) is 6.54. The van der Waals surface area contributed by atoms with Gasteiger partial charge in [-0.25, -0.2) is 0 Å². The number of carbonyl (C=O) groups excluding carboxylic acids is 1. The topological polar surface area (TPSA) is 52.7 Å². The van der Waals surface area contributed by atoms with Gasteiger partial charge in [0, 0.05) is 40.8 Å². The van der Waals surface area contributed by atoms with Crippen LogP contribution in [0.3, 0.4) is 0 Å². The fourth-order valence-corrected chi connectivity index (χ4v) is 4.97. The molecule has 2 heterocycles. The number of fused-ring (bicyclic) bond motifs is 1. The van der Waals surface area contributed by atoms with Crippen molar-refractivity contribution in [2.45, 2.75) is 45.9 Å². The number of hydrogen-bond acceptors (Lipinski definition) is 4. The van der Waals surface area contributed by atoms with Gasteiger partial charge < -0.3 is 9.13 Å². The zero-order valence-electron chi connectivity index (χ0n) is 17.8. The van der Waals surface area contributed by atoms with E-state index < -0.39 is 0 Å². The molecule has 2 aromatic carbocycles. The summed E-state index contributed by atoms with van der Waals surface area (Å²) in [5.74, 6) is 1.32. The van der Waals surface area contributed by atoms with Gasteiger partial charge in [0.05, 0.1) is 5.75 Å². The molecular formula is C24H26N4OS. The lowest BCUT2D eigenvalue weighted by Gasteiger charge is -2.09. The first kappa shape index (κ1) is 20.4. The van der Waals surface area contributed by atoms with Crippen LogP contribution >= 0.6 is 11.8 Å². The van der Waals surface area contributed by atoms with Gasteiger partial charge in [-0.05, 0) is 39.3 Å². The Morgan fingerprint density at radius 2 is 1.63 bits per heavy atom. The van der Waals surface area contributed by atoms with E-state index in [-0.39, 0.29) is 5.78 Å². The number of nitrogens with zero attached hydrogens (tertiary/aromatic N) is 4. The van der Waals surface area contributed by atoms with Crippen LogP contribution in [0.2, 0.25) is 0 Å². The summed E-state index contributed by atoms with van der Waals surface area (Å²) >= 11 is 1.46. The number of rotatable bonds is 7. The Morgan fingerprint density at radius 1 is 0.933 bits per heavy atom. The van der Waals surface area contributed by atoms with E-state index in [9.17, 15) is 4.79 Å². The summed E-state index contributed by atoms with van der Waals surface area (Å²) in [6.45, 7) is 9.90. The van der Waals surface area contributed by atoms with Crippen LogP contribution in [-0.4, -0.2) is 30.9 Å². The molecule has 2 aromatic heterocycles. The quantitative estimate of drug-likeness (QED) is 0.292. The first-order valence-corrected chi connectivity index (χ1v) is 11.3. The minimum absolute atomic E-state index is 0.129. The van der Waals surface area contributed by atoms with Crippen molar-refractivity contribution in [3.63, 3.8) is 0 Å². The standard InChI is InChI=1S/C24H26N4OS/c1-5-27-17(4)22(19-13-9-10-14-20(19)27)21(29)15-30-24-26-25-23(28(24)6-2)18-12-8-7-11-16(18)3/h7-14H,5-6,15H2,1-4H3. The number of thioether (sulfide) groups is 1. The summed E-state index contributed by atoms with van der Waals surface area (Å²) < 4.78 is 4.29. The highest BCUT2D eigenvalue weighted by Crippen LogP contribution is 2.30. The van der Waals surface area contributed by atoms with Crippen molar-refractivity contribution in [1.82, 2.24) is 19.3 Å². The average Bonchev–Trinajstić information content (AvgIpc) is 3.29. The second kappa shape index (κ2) is 8.48. The second-order valence-corrected chi connectivity index (χ2v) is 8.24. The fraction of sp³-hybridized carbons (Fsp3) is 0.292. The molecule has 0 fully saturated rings. The zero-order chi connectivity index (χ0) is 21.3. The summed E-state index contributed by atoms with van der Waals surface area (Å²) in [5, 5.41) is 10.6. The number of Topliss-reactive ketones (excluding diaryl/α,β-unsaturated/α-hetero) is 1. The number of para-hydroxylation sites is 1. The monoisotopic (exact) mass is 418 g/mol. The highest BCUT2D eigenvalue weighted by molar-refractivity contribution is 7.99. The van der Waals surface area contributed by atoms with E-state index >= 15 is 0 Å². The molecule has 4 aromatic rings. The van der Waals surface area contributed by atoms with Crippen LogP contribution in [0.15, 0.2) is 53.7 Å². The van der Waals surface area contributed by atoms with E-state index in [4.69, 9.17) is 0 Å². The Hall–Kier alpha value is -2.86. The molecule has 30 heavy (non-hydrogen) atoms. The molecule has 0 radical (unpaired) electrons. The van der Waals surface area contributed by atoms with E-state index in [0.29, 0.717) is 5.75 Å². The molecule has 0 aliphatic rings. The molecule has 0 amide bonds. The molecule has 0 atom stereocenters. The first-order valence-electron chi connectivity index (χ1n) is 10.3. The molecule has 6 heteroatoms. The van der Waals surface area contributed by atoms with Gasteiger partial charge >= 0.3 is 0 Å². The Labute approximate surface area is 181 Å². The molecule has 4 rings (SSSR count). The number of carbonyl (C=O) groups is 1. The van der Waals surface area contributed by atoms with Crippen LogP contribution in [0.4, 0.5) is 0 Å². The number of hydrogen-bond donors (Lipinski definition) is 0. The van der Waals surface area contributed by atoms with Gasteiger partial charge in [0.1, 0.15) is 0 Å². The maximum Gasteiger partial charge on any atom is 0.191 e. The highest BCUT2D eigenvalue weighted by Gasteiger charge is 2.21. The summed E-state index contributed by atoms with van der Waals surface area (Å²) in [5.41, 5.74) is 5.20. The van der Waals surface area contributed by atoms with Crippen LogP contribution in [0.5, 0.6) is 0 Å². The Morgan fingerprint density at radius 3 is 2.37 bits per heavy atom. The number of aryl methyl sites for hydroxylation is 2. The maximum absolute atomic E-state index is 13.2. The van der Waals surface area contributed by atoms with Crippen LogP contribution in [-0.2, 0) is 13.1 Å². The predicted octanol–water partition coefficient (Wildman–Crippen LogP) is 5.53. The minimum Gasteiger partial charge on any atom is -0.344 e. The van der Waals surface area contributed by atoms with Crippen molar-refractivity contribution in [2.24, 2.45) is 0 Å². The average molecular weight is 419 g/mol. The summed E-state index contributed by atoms with van der Waals surface area (Å²) in [4.78, 5) is 13.2. The highest BCUT2D eigenvalue weighted by atomic mass is 32.2. The van der Waals surface area contributed by atoms with Crippen LogP contribution in [0.1, 0.15) is 35.5 Å². The van der Waals surface area contributed by atoms with E-state index in [1.807, 2.05) is 37.3 Å². The summed E-state index contributed by atoms with van der Waals surface area (Å²) in [6.07, 6.45) is 0. The molecule has 0 bridgehead atoms. The normalized spacial score (nSPS) is 11.3. The zero-order valence-corrected chi connectivity index (χ0v) is 18.7. The van der Waals surface area contributed by atoms with Crippen molar-refractivity contribution in [3.8, 4) is 11.4 Å². The number of benzene rings is 2. The van der Waals surface area contributed by atoms with Gasteiger partial charge in [0.25, 0.3) is 0 Å². The van der Waals surface area contributed by atoms with E-state index in [1.165, 1.54) is 11.8 Å². The lowest BCUT2D eigenvalue weighted by atomic mass is 10.1. The van der Waals surface area contributed by atoms with Crippen LogP contribution in [0.25, 0.3) is 22.3 Å². The number of ketones is 1. The SMILES string of the molecule is CCn1c(SCC(=O)c2c(C)n(CC)c3ccccc23)nnc1-c1ccccc1C. The third kappa shape index (κ3) is 3.45. The lowest BCUT2D eigenvalue weighted by molar-refractivity contribution is 0.102. The molecule has 0 spiro atoms. The van der Waals surface area contributed by atoms with E-state index in [2.05, 4.69) is 58.3 Å². The fourth-order valence-electron chi connectivity index (χ4n) is 4.10. The third-order valence-electron chi connectivity index (χ3n) is 5.58. The van der Waals surface area contributed by atoms with Gasteiger partial charge in [-0.1, -0.05) is 54.2 Å². The Kier molecular flexibility index (Phi) is 5.77. The number of aromatic nitrogens is 4. The lowest BCUT2D eigenvalue weighted by Crippen LogP contribution is -2.07. The molecule has 154 valence electrons. The Bertz CT molecular complexity index is 1220. The first-order chi connectivity index (χ1) is 14.6. The van der Waals surface area contributed by atoms with Crippen LogP contribution < -0.4 is 0 Å². The molecule has 0 aliphatic heterocycles. The van der Waals surface area contributed by atoms with Crippen molar-refractivity contribution < 1.29 is 4.79 Å². The van der Waals surface area contributed by atoms with Crippen LogP contribution in [0, 0.1) is 13.8 Å². The van der Waals surface area contributed by atoms with Crippen molar-refractivity contribution in [1.29, 1.82) is 0 Å². The molecule has 0 aliphatic carbocycles. The Balaban J connectivity index is 1.62. The predicted molar refractivity (Wildman–Crippen MR) is 123 cm³/mol. The summed E-state index contributed by atoms with van der Waals surface area (Å²) in [7, 11) is 0. The van der Waals surface area contributed by atoms with E-state index in [1.54, 1.807) is 0 Å². The van der Waals surface area contributed by atoms with Crippen molar-refractivity contribution in [2.75, 3.05) is 5.75 Å². The van der Waals surface area contributed by atoms with Crippen molar-refractivity contribution >= 4 is 28.4 Å². The summed E-state index contributed by atoms with van der Waals surface area (Å²) in [6, 6.07) is 16.3. The molecular weight excluding hydrogens is 392 g/mol. The van der Waals surface area contributed by atoms with Gasteiger partial charge in [0.15, 0.2) is 16.8 Å². The molecule has 0 N–H and O–H groups in total. The molecule has 0 saturated heterocycles. The largest absolute Gasteiger partial charge is 0.344 e. The van der Waals surface area contributed by atoms with Crippen molar-refractivity contribution in [3.05, 3.63) is 65.4 Å². The van der Waals surface area contributed by atoms with Gasteiger partial charge in [-0.3, -0.25) is 4.79 Å². The maximum atomic E-state index is 13.2. The minimum atomic E-state index is 0.129.